The maximum atomic E-state index is 11.9. The van der Waals surface area contributed by atoms with E-state index in [1.54, 1.807) is 0 Å². The van der Waals surface area contributed by atoms with Gasteiger partial charge in [0.25, 0.3) is 6.08 Å². The molecule has 0 aromatic carbocycles. The van der Waals surface area contributed by atoms with Crippen LogP contribution in [0.25, 0.3) is 0 Å². The van der Waals surface area contributed by atoms with Gasteiger partial charge in [-0.2, -0.15) is 8.78 Å². The van der Waals surface area contributed by atoms with Gasteiger partial charge in [0.1, 0.15) is 0 Å². The van der Waals surface area contributed by atoms with Gasteiger partial charge in [-0.25, -0.2) is 4.98 Å². The van der Waals surface area contributed by atoms with Gasteiger partial charge in [-0.3, -0.25) is 4.79 Å². The topological polar surface area (TPSA) is 34.9 Å². The second kappa shape index (κ2) is 7.43. The highest BCUT2D eigenvalue weighted by Gasteiger charge is 2.13. The number of ketones is 1. The van der Waals surface area contributed by atoms with E-state index in [0.717, 1.165) is 22.6 Å². The van der Waals surface area contributed by atoms with Crippen molar-refractivity contribution < 1.29 is 13.6 Å². The zero-order valence-corrected chi connectivity index (χ0v) is 12.2. The van der Waals surface area contributed by atoms with E-state index in [1.165, 1.54) is 11.8 Å². The Hall–Kier alpha value is -1.17. The first-order valence-corrected chi connectivity index (χ1v) is 7.13. The summed E-state index contributed by atoms with van der Waals surface area (Å²) in [6, 6.07) is 0. The first kappa shape index (κ1) is 15.9. The van der Waals surface area contributed by atoms with Gasteiger partial charge < -0.3 is 4.57 Å². The van der Waals surface area contributed by atoms with E-state index in [4.69, 9.17) is 0 Å². The minimum Gasteiger partial charge on any atom is -0.316 e. The fraction of sp³-hybridized carbons (Fsp3) is 0.538. The number of aromatic nitrogens is 2. The van der Waals surface area contributed by atoms with E-state index in [1.807, 2.05) is 25.3 Å². The second-order valence-electron chi connectivity index (χ2n) is 4.17. The number of carbonyl (C=O) groups is 1. The molecule has 1 aromatic heterocycles. The van der Waals surface area contributed by atoms with Gasteiger partial charge in [-0.1, -0.05) is 18.7 Å². The highest BCUT2D eigenvalue weighted by Crippen LogP contribution is 2.22. The minimum absolute atomic E-state index is 0.136. The number of aryl methyl sites for hydroxylation is 1. The molecule has 0 radical (unpaired) electrons. The van der Waals surface area contributed by atoms with Crippen LogP contribution in [-0.4, -0.2) is 21.1 Å². The summed E-state index contributed by atoms with van der Waals surface area (Å²) in [5.41, 5.74) is 1.83. The fourth-order valence-corrected chi connectivity index (χ4v) is 2.50. The van der Waals surface area contributed by atoms with E-state index < -0.39 is 6.08 Å². The van der Waals surface area contributed by atoms with Crippen LogP contribution in [-0.2, 0) is 11.3 Å². The summed E-state index contributed by atoms with van der Waals surface area (Å²) >= 11 is 1.40. The number of rotatable bonds is 7. The Bertz CT molecular complexity index is 479. The molecule has 1 aromatic rings. The van der Waals surface area contributed by atoms with Crippen molar-refractivity contribution in [3.8, 4) is 0 Å². The van der Waals surface area contributed by atoms with Gasteiger partial charge in [0.15, 0.2) is 10.9 Å². The monoisotopic (exact) mass is 288 g/mol. The van der Waals surface area contributed by atoms with Crippen LogP contribution in [0, 0.1) is 13.8 Å². The molecular formula is C13H18F2N2OS. The van der Waals surface area contributed by atoms with Crippen molar-refractivity contribution in [1.82, 2.24) is 9.55 Å². The van der Waals surface area contributed by atoms with Gasteiger partial charge in [0, 0.05) is 17.9 Å². The predicted octanol–water partition coefficient (Wildman–Crippen LogP) is 3.74. The summed E-state index contributed by atoms with van der Waals surface area (Å²) < 4.78 is 25.7. The van der Waals surface area contributed by atoms with Gasteiger partial charge >= 0.3 is 0 Å². The first-order chi connectivity index (χ1) is 8.95. The molecule has 0 aliphatic rings. The normalized spacial score (nSPS) is 10.6. The molecule has 0 atom stereocenters. The zero-order valence-electron chi connectivity index (χ0n) is 11.4. The van der Waals surface area contributed by atoms with Crippen molar-refractivity contribution in [2.24, 2.45) is 0 Å². The molecule has 0 bridgehead atoms. The lowest BCUT2D eigenvalue weighted by molar-refractivity contribution is -0.119. The smallest absolute Gasteiger partial charge is 0.266 e. The molecular weight excluding hydrogens is 270 g/mol. The van der Waals surface area contributed by atoms with Crippen LogP contribution in [0.15, 0.2) is 17.3 Å². The average molecular weight is 288 g/mol. The average Bonchev–Trinajstić information content (AvgIpc) is 2.62. The number of hydrogen-bond donors (Lipinski definition) is 0. The van der Waals surface area contributed by atoms with Gasteiger partial charge in [-0.15, -0.1) is 0 Å². The van der Waals surface area contributed by atoms with E-state index in [9.17, 15) is 13.6 Å². The van der Waals surface area contributed by atoms with Crippen LogP contribution in [0.2, 0.25) is 0 Å². The van der Waals surface area contributed by atoms with Crippen LogP contribution in [0.3, 0.4) is 0 Å². The molecule has 6 heteroatoms. The fourth-order valence-electron chi connectivity index (χ4n) is 1.53. The van der Waals surface area contributed by atoms with E-state index >= 15 is 0 Å². The van der Waals surface area contributed by atoms with Gasteiger partial charge in [-0.05, 0) is 26.3 Å². The molecule has 0 amide bonds. The second-order valence-corrected chi connectivity index (χ2v) is 5.24. The molecule has 1 heterocycles. The molecule has 0 saturated heterocycles. The molecule has 0 unspecified atom stereocenters. The number of thioether (sulfide) groups is 1. The van der Waals surface area contributed by atoms with Gasteiger partial charge in [0.05, 0.1) is 12.2 Å². The predicted molar refractivity (Wildman–Crippen MR) is 72.6 cm³/mol. The van der Waals surface area contributed by atoms with Crippen molar-refractivity contribution >= 4 is 17.5 Å². The number of nitrogens with zero attached hydrogens (tertiary/aromatic N) is 2. The summed E-state index contributed by atoms with van der Waals surface area (Å²) in [7, 11) is 0. The Balaban J connectivity index is 2.74. The Labute approximate surface area is 116 Å². The number of imidazole rings is 1. The Morgan fingerprint density at radius 2 is 2.11 bits per heavy atom. The largest absolute Gasteiger partial charge is 0.316 e. The van der Waals surface area contributed by atoms with Crippen LogP contribution in [0.5, 0.6) is 0 Å². The lowest BCUT2D eigenvalue weighted by Crippen LogP contribution is -2.11. The molecule has 0 aliphatic carbocycles. The zero-order chi connectivity index (χ0) is 14.4. The highest BCUT2D eigenvalue weighted by atomic mass is 32.2. The minimum atomic E-state index is -1.66. The first-order valence-electron chi connectivity index (χ1n) is 6.15. The molecule has 0 aliphatic heterocycles. The van der Waals surface area contributed by atoms with Gasteiger partial charge in [0.2, 0.25) is 0 Å². The van der Waals surface area contributed by atoms with Crippen LogP contribution < -0.4 is 0 Å². The summed E-state index contributed by atoms with van der Waals surface area (Å²) in [4.78, 5) is 15.9. The summed E-state index contributed by atoms with van der Waals surface area (Å²) in [5.74, 6) is 0.658. The maximum absolute atomic E-state index is 11.9. The molecule has 19 heavy (non-hydrogen) atoms. The number of allylic oxidation sites excluding steroid dienone is 1. The molecule has 0 spiro atoms. The Kier molecular flexibility index (Phi) is 6.21. The van der Waals surface area contributed by atoms with E-state index in [2.05, 4.69) is 4.98 Å². The third kappa shape index (κ3) is 4.78. The molecule has 1 rings (SSSR count). The SMILES string of the molecule is CCC(=O)Cn1c(SCCC=C(F)F)nc(C)c1C. The number of Topliss-reactive ketones (excluding diaryl/α,β-unsaturated/α-hetero) is 1. The van der Waals surface area contributed by atoms with E-state index in [-0.39, 0.29) is 5.78 Å². The van der Waals surface area contributed by atoms with E-state index in [0.29, 0.717) is 25.1 Å². The lowest BCUT2D eigenvalue weighted by Gasteiger charge is -2.07. The van der Waals surface area contributed by atoms with Crippen LogP contribution >= 0.6 is 11.8 Å². The molecule has 0 N–H and O–H groups in total. The van der Waals surface area contributed by atoms with Crippen molar-refractivity contribution in [2.75, 3.05) is 5.75 Å². The quantitative estimate of drug-likeness (QED) is 0.566. The highest BCUT2D eigenvalue weighted by molar-refractivity contribution is 7.99. The summed E-state index contributed by atoms with van der Waals surface area (Å²) in [6.45, 7) is 5.92. The third-order valence-corrected chi connectivity index (χ3v) is 3.81. The maximum Gasteiger partial charge on any atom is 0.266 e. The Morgan fingerprint density at radius 1 is 1.42 bits per heavy atom. The molecule has 0 fully saturated rings. The lowest BCUT2D eigenvalue weighted by atomic mass is 10.3. The molecule has 0 saturated carbocycles. The van der Waals surface area contributed by atoms with Crippen molar-refractivity contribution in [3.05, 3.63) is 23.5 Å². The van der Waals surface area contributed by atoms with Crippen molar-refractivity contribution in [3.63, 3.8) is 0 Å². The number of hydrogen-bond acceptors (Lipinski definition) is 3. The van der Waals surface area contributed by atoms with Crippen molar-refractivity contribution in [1.29, 1.82) is 0 Å². The standard InChI is InChI=1S/C13H18F2N2OS/c1-4-11(18)8-17-10(3)9(2)16-13(17)19-7-5-6-12(14)15/h6H,4-5,7-8H2,1-3H3. The summed E-state index contributed by atoms with van der Waals surface area (Å²) in [6.07, 6.45) is 0.0189. The third-order valence-electron chi connectivity index (χ3n) is 2.80. The molecule has 106 valence electrons. The van der Waals surface area contributed by atoms with Crippen molar-refractivity contribution in [2.45, 2.75) is 45.3 Å². The Morgan fingerprint density at radius 3 is 2.68 bits per heavy atom. The number of halogens is 2. The van der Waals surface area contributed by atoms with Crippen LogP contribution in [0.4, 0.5) is 8.78 Å². The van der Waals surface area contributed by atoms with Crippen LogP contribution in [0.1, 0.15) is 31.2 Å². The molecule has 3 nitrogen and oxygen atoms in total. The number of carbonyl (C=O) groups excluding carboxylic acids is 1. The summed E-state index contributed by atoms with van der Waals surface area (Å²) in [5, 5.41) is 0.726.